The van der Waals surface area contributed by atoms with E-state index in [2.05, 4.69) is 4.98 Å². The van der Waals surface area contributed by atoms with E-state index in [9.17, 15) is 14.4 Å². The number of H-pyrrole nitrogens is 1. The van der Waals surface area contributed by atoms with Gasteiger partial charge in [-0.05, 0) is 38.2 Å². The average Bonchev–Trinajstić information content (AvgIpc) is 3.05. The molecular weight excluding hydrogens is 376 g/mol. The molecule has 0 aromatic carbocycles. The van der Waals surface area contributed by atoms with Gasteiger partial charge in [-0.25, -0.2) is 4.98 Å². The highest BCUT2D eigenvalue weighted by Gasteiger charge is 2.25. The minimum atomic E-state index is -0.00292. The molecule has 0 atom stereocenters. The molecule has 0 radical (unpaired) electrons. The zero-order valence-corrected chi connectivity index (χ0v) is 17.1. The van der Waals surface area contributed by atoms with Crippen molar-refractivity contribution in [3.8, 4) is 0 Å². The topological polar surface area (TPSA) is 87.6 Å². The van der Waals surface area contributed by atoms with Crippen LogP contribution in [0.2, 0.25) is 0 Å². The number of hydrogen-bond acceptors (Lipinski definition) is 5. The van der Waals surface area contributed by atoms with Crippen LogP contribution in [0.25, 0.3) is 10.2 Å². The number of aromatic amines is 1. The number of nitrogens with one attached hydrogen (secondary N) is 2. The van der Waals surface area contributed by atoms with Crippen molar-refractivity contribution >= 4 is 33.2 Å². The number of ketones is 1. The highest BCUT2D eigenvalue weighted by atomic mass is 32.1. The van der Waals surface area contributed by atoms with Gasteiger partial charge in [0.2, 0.25) is 5.91 Å². The number of quaternary nitrogens is 1. The van der Waals surface area contributed by atoms with Crippen molar-refractivity contribution in [3.05, 3.63) is 26.6 Å². The highest BCUT2D eigenvalue weighted by Crippen LogP contribution is 2.33. The Bertz CT molecular complexity index is 956. The highest BCUT2D eigenvalue weighted by molar-refractivity contribution is 7.18. The van der Waals surface area contributed by atoms with Gasteiger partial charge in [0.15, 0.2) is 5.82 Å². The molecule has 0 bridgehead atoms. The van der Waals surface area contributed by atoms with Crippen LogP contribution in [0.15, 0.2) is 4.79 Å². The van der Waals surface area contributed by atoms with E-state index < -0.39 is 0 Å². The summed E-state index contributed by atoms with van der Waals surface area (Å²) in [5.41, 5.74) is 1.22. The molecule has 150 valence electrons. The summed E-state index contributed by atoms with van der Waals surface area (Å²) in [6, 6.07) is 0. The number of fused-ring (bicyclic) bond motifs is 3. The molecule has 2 aromatic rings. The number of aryl methyl sites for hydroxylation is 2. The maximum atomic E-state index is 12.7. The van der Waals surface area contributed by atoms with Crippen LogP contribution in [0.3, 0.4) is 0 Å². The molecule has 7 nitrogen and oxygen atoms in total. The Kier molecular flexibility index (Phi) is 5.59. The van der Waals surface area contributed by atoms with Crippen LogP contribution >= 0.6 is 11.3 Å². The number of nitrogens with zero attached hydrogens (tertiary/aromatic N) is 2. The van der Waals surface area contributed by atoms with Gasteiger partial charge in [-0.1, -0.05) is 0 Å². The van der Waals surface area contributed by atoms with E-state index >= 15 is 0 Å². The predicted molar refractivity (Wildman–Crippen MR) is 108 cm³/mol. The van der Waals surface area contributed by atoms with Gasteiger partial charge in [-0.2, -0.15) is 0 Å². The number of amides is 1. The Morgan fingerprint density at radius 1 is 1.18 bits per heavy atom. The molecule has 1 saturated heterocycles. The third-order valence-electron chi connectivity index (χ3n) is 5.81. The third kappa shape index (κ3) is 4.03. The monoisotopic (exact) mass is 403 g/mol. The zero-order chi connectivity index (χ0) is 19.7. The molecule has 0 unspecified atom stereocenters. The van der Waals surface area contributed by atoms with Crippen molar-refractivity contribution in [2.24, 2.45) is 0 Å². The van der Waals surface area contributed by atoms with Crippen molar-refractivity contribution in [2.45, 2.75) is 52.0 Å². The van der Waals surface area contributed by atoms with Crippen molar-refractivity contribution < 1.29 is 14.5 Å². The fraction of sp³-hybridized carbons (Fsp3) is 0.600. The van der Waals surface area contributed by atoms with E-state index in [4.69, 9.17) is 4.98 Å². The van der Waals surface area contributed by atoms with Crippen LogP contribution in [0.1, 0.15) is 48.9 Å². The Hall–Kier alpha value is -2.06. The maximum absolute atomic E-state index is 12.7. The minimum Gasteiger partial charge on any atom is -0.331 e. The summed E-state index contributed by atoms with van der Waals surface area (Å²) in [7, 11) is 0. The Morgan fingerprint density at radius 3 is 2.68 bits per heavy atom. The Balaban J connectivity index is 1.40. The summed E-state index contributed by atoms with van der Waals surface area (Å²) in [6.45, 7) is 5.22. The second-order valence-corrected chi connectivity index (χ2v) is 9.00. The molecule has 4 rings (SSSR count). The van der Waals surface area contributed by atoms with E-state index in [0.29, 0.717) is 32.5 Å². The first kappa shape index (κ1) is 19.3. The second kappa shape index (κ2) is 8.13. The van der Waals surface area contributed by atoms with E-state index in [0.717, 1.165) is 48.4 Å². The largest absolute Gasteiger partial charge is 0.331 e. The van der Waals surface area contributed by atoms with Crippen molar-refractivity contribution in [1.82, 2.24) is 14.9 Å². The van der Waals surface area contributed by atoms with Crippen LogP contribution in [-0.2, 0) is 29.0 Å². The minimum absolute atomic E-state index is 0.00292. The van der Waals surface area contributed by atoms with E-state index in [1.54, 1.807) is 11.3 Å². The molecular formula is C20H27N4O3S+. The molecule has 28 heavy (non-hydrogen) atoms. The number of hydrogen-bond donors (Lipinski definition) is 2. The predicted octanol–water partition coefficient (Wildman–Crippen LogP) is 0.460. The first-order chi connectivity index (χ1) is 13.5. The second-order valence-electron chi connectivity index (χ2n) is 7.91. The van der Waals surface area contributed by atoms with E-state index in [1.165, 1.54) is 28.7 Å². The SMILES string of the molecule is CC(=O)CCC(=O)N1CC[NH+](Cc2nc3sc4c(c3c(=O)[nH]2)CCCC4)CC1. The van der Waals surface area contributed by atoms with Crippen LogP contribution in [0, 0.1) is 0 Å². The number of Topliss-reactive ketones (excluding diaryl/α,β-unsaturated/α-hetero) is 1. The summed E-state index contributed by atoms with van der Waals surface area (Å²) in [6.07, 6.45) is 5.03. The van der Waals surface area contributed by atoms with Crippen molar-refractivity contribution in [1.29, 1.82) is 0 Å². The fourth-order valence-electron chi connectivity index (χ4n) is 4.22. The number of aromatic nitrogens is 2. The zero-order valence-electron chi connectivity index (χ0n) is 16.3. The van der Waals surface area contributed by atoms with Crippen molar-refractivity contribution in [3.63, 3.8) is 0 Å². The quantitative estimate of drug-likeness (QED) is 0.759. The molecule has 1 aliphatic heterocycles. The average molecular weight is 404 g/mol. The molecule has 2 aliphatic rings. The van der Waals surface area contributed by atoms with Gasteiger partial charge >= 0.3 is 0 Å². The van der Waals surface area contributed by atoms with Crippen LogP contribution in [0.4, 0.5) is 0 Å². The summed E-state index contributed by atoms with van der Waals surface area (Å²) in [4.78, 5) is 49.0. The molecule has 0 saturated carbocycles. The van der Waals surface area contributed by atoms with Gasteiger partial charge in [0.1, 0.15) is 17.2 Å². The lowest BCUT2D eigenvalue weighted by Gasteiger charge is -2.32. The smallest absolute Gasteiger partial charge is 0.260 e. The van der Waals surface area contributed by atoms with Crippen LogP contribution < -0.4 is 10.5 Å². The van der Waals surface area contributed by atoms with Gasteiger partial charge in [0, 0.05) is 17.7 Å². The first-order valence-electron chi connectivity index (χ1n) is 10.2. The molecule has 2 aromatic heterocycles. The van der Waals surface area contributed by atoms with Crippen molar-refractivity contribution in [2.75, 3.05) is 26.2 Å². The number of thiophene rings is 1. The van der Waals surface area contributed by atoms with Gasteiger partial charge in [0.05, 0.1) is 31.6 Å². The number of carbonyl (C=O) groups is 2. The number of carbonyl (C=O) groups excluding carboxylic acids is 2. The number of rotatable bonds is 5. The molecule has 1 fully saturated rings. The normalized spacial score (nSPS) is 17.7. The summed E-state index contributed by atoms with van der Waals surface area (Å²) in [5, 5.41) is 0.805. The Morgan fingerprint density at radius 2 is 1.93 bits per heavy atom. The van der Waals surface area contributed by atoms with Gasteiger partial charge in [-0.3, -0.25) is 9.59 Å². The summed E-state index contributed by atoms with van der Waals surface area (Å²) in [5.74, 6) is 0.854. The summed E-state index contributed by atoms with van der Waals surface area (Å²) < 4.78 is 0. The van der Waals surface area contributed by atoms with E-state index in [-0.39, 0.29) is 17.2 Å². The van der Waals surface area contributed by atoms with Gasteiger partial charge in [-0.15, -0.1) is 11.3 Å². The number of piperazine rings is 1. The van der Waals surface area contributed by atoms with E-state index in [1.807, 2.05) is 4.90 Å². The lowest BCUT2D eigenvalue weighted by molar-refractivity contribution is -0.918. The standard InChI is InChI=1S/C20H26N4O3S/c1-13(25)6-7-17(26)24-10-8-23(9-11-24)12-16-21-19(27)18-14-4-2-3-5-15(14)28-20(18)22-16/h2-12H2,1H3,(H,21,22,27)/p+1. The van der Waals surface area contributed by atoms with Crippen LogP contribution in [0.5, 0.6) is 0 Å². The lowest BCUT2D eigenvalue weighted by atomic mass is 9.97. The summed E-state index contributed by atoms with van der Waals surface area (Å²) >= 11 is 1.68. The lowest BCUT2D eigenvalue weighted by Crippen LogP contribution is -3.13. The maximum Gasteiger partial charge on any atom is 0.260 e. The first-order valence-corrected chi connectivity index (χ1v) is 11.0. The van der Waals surface area contributed by atoms with Gasteiger partial charge in [0.25, 0.3) is 5.56 Å². The Labute approximate surface area is 167 Å². The molecule has 8 heteroatoms. The van der Waals surface area contributed by atoms with Gasteiger partial charge < -0.3 is 19.6 Å². The molecule has 1 aliphatic carbocycles. The third-order valence-corrected chi connectivity index (χ3v) is 6.99. The molecule has 3 heterocycles. The molecule has 1 amide bonds. The fourth-order valence-corrected chi connectivity index (χ4v) is 5.50. The molecule has 0 spiro atoms. The van der Waals surface area contributed by atoms with Crippen LogP contribution in [-0.4, -0.2) is 52.7 Å². The molecule has 2 N–H and O–H groups in total.